The van der Waals surface area contributed by atoms with Gasteiger partial charge in [-0.3, -0.25) is 4.79 Å². The van der Waals surface area contributed by atoms with E-state index < -0.39 is 0 Å². The zero-order valence-electron chi connectivity index (χ0n) is 7.42. The highest BCUT2D eigenvalue weighted by atomic mass is 16.1. The van der Waals surface area contributed by atoms with E-state index >= 15 is 0 Å². The van der Waals surface area contributed by atoms with Gasteiger partial charge in [-0.25, -0.2) is 0 Å². The molecule has 0 aliphatic carbocycles. The Labute approximate surface area is 72.6 Å². The minimum Gasteiger partial charge on any atom is -0.378 e. The molecule has 0 aliphatic heterocycles. The van der Waals surface area contributed by atoms with Gasteiger partial charge in [-0.1, -0.05) is 17.7 Å². The zero-order chi connectivity index (χ0) is 8.97. The topological polar surface area (TPSA) is 29.1 Å². The monoisotopic (exact) mass is 163 g/mol. The maximum absolute atomic E-state index is 10.6. The van der Waals surface area contributed by atoms with Gasteiger partial charge in [-0.2, -0.15) is 0 Å². The van der Waals surface area contributed by atoms with Crippen molar-refractivity contribution in [2.75, 3.05) is 11.9 Å². The van der Waals surface area contributed by atoms with Crippen molar-refractivity contribution in [1.82, 2.24) is 0 Å². The van der Waals surface area contributed by atoms with Crippen molar-refractivity contribution < 1.29 is 4.79 Å². The lowest BCUT2D eigenvalue weighted by Gasteiger charge is -2.03. The lowest BCUT2D eigenvalue weighted by atomic mass is 10.2. The number of carbonyl (C=O) groups excluding carboxylic acids is 1. The van der Waals surface area contributed by atoms with Gasteiger partial charge in [0, 0.05) is 5.69 Å². The molecule has 0 saturated carbocycles. The van der Waals surface area contributed by atoms with Crippen LogP contribution in [0.15, 0.2) is 24.3 Å². The zero-order valence-corrected chi connectivity index (χ0v) is 7.42. The summed E-state index contributed by atoms with van der Waals surface area (Å²) in [4.78, 5) is 10.6. The van der Waals surface area contributed by atoms with Gasteiger partial charge >= 0.3 is 0 Å². The molecule has 0 aliphatic rings. The number of ketones is 1. The average Bonchev–Trinajstić information content (AvgIpc) is 2.03. The number of hydrogen-bond donors (Lipinski definition) is 1. The Bertz CT molecular complexity index is 264. The van der Waals surface area contributed by atoms with E-state index in [0.717, 1.165) is 5.69 Å². The van der Waals surface area contributed by atoms with Gasteiger partial charge < -0.3 is 5.32 Å². The third kappa shape index (κ3) is 2.74. The molecule has 0 spiro atoms. The van der Waals surface area contributed by atoms with Gasteiger partial charge in [0.2, 0.25) is 0 Å². The summed E-state index contributed by atoms with van der Waals surface area (Å²) < 4.78 is 0. The van der Waals surface area contributed by atoms with Crippen molar-refractivity contribution in [2.45, 2.75) is 13.8 Å². The van der Waals surface area contributed by atoms with Crippen LogP contribution in [0, 0.1) is 6.92 Å². The third-order valence-corrected chi connectivity index (χ3v) is 1.59. The summed E-state index contributed by atoms with van der Waals surface area (Å²) in [6, 6.07) is 7.97. The molecule has 1 aromatic rings. The highest BCUT2D eigenvalue weighted by molar-refractivity contribution is 5.80. The SMILES string of the molecule is CC(=O)CNc1ccc(C)cc1. The second-order valence-electron chi connectivity index (χ2n) is 2.92. The fraction of sp³-hybridized carbons (Fsp3) is 0.300. The predicted molar refractivity (Wildman–Crippen MR) is 50.3 cm³/mol. The molecule has 1 rings (SSSR count). The minimum atomic E-state index is 0.149. The van der Waals surface area contributed by atoms with Crippen LogP contribution in [-0.2, 0) is 4.79 Å². The van der Waals surface area contributed by atoms with Crippen LogP contribution in [0.4, 0.5) is 5.69 Å². The van der Waals surface area contributed by atoms with Crippen molar-refractivity contribution in [3.05, 3.63) is 29.8 Å². The summed E-state index contributed by atoms with van der Waals surface area (Å²) in [6.45, 7) is 4.01. The number of aryl methyl sites for hydroxylation is 1. The fourth-order valence-corrected chi connectivity index (χ4v) is 0.898. The molecule has 0 bridgehead atoms. The standard InChI is InChI=1S/C10H13NO/c1-8-3-5-10(6-4-8)11-7-9(2)12/h3-6,11H,7H2,1-2H3. The normalized spacial score (nSPS) is 9.50. The van der Waals surface area contributed by atoms with Crippen molar-refractivity contribution in [3.8, 4) is 0 Å². The summed E-state index contributed by atoms with van der Waals surface area (Å²) in [5.74, 6) is 0.149. The molecular formula is C10H13NO. The van der Waals surface area contributed by atoms with Crippen LogP contribution in [0.5, 0.6) is 0 Å². The van der Waals surface area contributed by atoms with E-state index in [-0.39, 0.29) is 5.78 Å². The maximum atomic E-state index is 10.6. The lowest BCUT2D eigenvalue weighted by molar-refractivity contribution is -0.115. The molecule has 0 heterocycles. The first-order valence-corrected chi connectivity index (χ1v) is 3.98. The van der Waals surface area contributed by atoms with Gasteiger partial charge in [0.1, 0.15) is 5.78 Å². The number of carbonyl (C=O) groups is 1. The molecule has 0 unspecified atom stereocenters. The number of anilines is 1. The Morgan fingerprint density at radius 2 is 1.92 bits per heavy atom. The van der Waals surface area contributed by atoms with Crippen LogP contribution in [0.25, 0.3) is 0 Å². The Morgan fingerprint density at radius 3 is 2.42 bits per heavy atom. The summed E-state index contributed by atoms with van der Waals surface area (Å²) in [6.07, 6.45) is 0. The van der Waals surface area contributed by atoms with Crippen molar-refractivity contribution >= 4 is 11.5 Å². The van der Waals surface area contributed by atoms with E-state index in [0.29, 0.717) is 6.54 Å². The molecule has 0 atom stereocenters. The first-order valence-electron chi connectivity index (χ1n) is 3.98. The van der Waals surface area contributed by atoms with Crippen LogP contribution in [0.1, 0.15) is 12.5 Å². The van der Waals surface area contributed by atoms with Gasteiger partial charge in [-0.15, -0.1) is 0 Å². The quantitative estimate of drug-likeness (QED) is 0.738. The predicted octanol–water partition coefficient (Wildman–Crippen LogP) is 2.00. The molecule has 1 N–H and O–H groups in total. The highest BCUT2D eigenvalue weighted by Gasteiger charge is 1.92. The Balaban J connectivity index is 2.53. The summed E-state index contributed by atoms with van der Waals surface area (Å²) >= 11 is 0. The van der Waals surface area contributed by atoms with Crippen molar-refractivity contribution in [3.63, 3.8) is 0 Å². The van der Waals surface area contributed by atoms with Crippen molar-refractivity contribution in [1.29, 1.82) is 0 Å². The Morgan fingerprint density at radius 1 is 1.33 bits per heavy atom. The molecule has 0 fully saturated rings. The minimum absolute atomic E-state index is 0.149. The van der Waals surface area contributed by atoms with Crippen LogP contribution in [0.2, 0.25) is 0 Å². The second-order valence-corrected chi connectivity index (χ2v) is 2.92. The van der Waals surface area contributed by atoms with E-state index in [1.807, 2.05) is 31.2 Å². The molecule has 0 amide bonds. The van der Waals surface area contributed by atoms with Crippen molar-refractivity contribution in [2.24, 2.45) is 0 Å². The van der Waals surface area contributed by atoms with Gasteiger partial charge in [0.05, 0.1) is 6.54 Å². The van der Waals surface area contributed by atoms with Gasteiger partial charge in [0.15, 0.2) is 0 Å². The lowest BCUT2D eigenvalue weighted by Crippen LogP contribution is -2.09. The highest BCUT2D eigenvalue weighted by Crippen LogP contribution is 2.07. The molecule has 0 aromatic heterocycles. The van der Waals surface area contributed by atoms with Crippen LogP contribution in [0.3, 0.4) is 0 Å². The summed E-state index contributed by atoms with van der Waals surface area (Å²) in [5, 5.41) is 3.02. The van der Waals surface area contributed by atoms with E-state index in [4.69, 9.17) is 0 Å². The van der Waals surface area contributed by atoms with E-state index in [2.05, 4.69) is 5.32 Å². The molecular weight excluding hydrogens is 150 g/mol. The maximum Gasteiger partial charge on any atom is 0.148 e. The average molecular weight is 163 g/mol. The molecule has 2 nitrogen and oxygen atoms in total. The summed E-state index contributed by atoms with van der Waals surface area (Å²) in [5.41, 5.74) is 2.22. The first kappa shape index (κ1) is 8.78. The van der Waals surface area contributed by atoms with Crippen LogP contribution < -0.4 is 5.32 Å². The molecule has 2 heteroatoms. The first-order chi connectivity index (χ1) is 5.68. The molecule has 64 valence electrons. The number of nitrogens with one attached hydrogen (secondary N) is 1. The van der Waals surface area contributed by atoms with E-state index in [9.17, 15) is 4.79 Å². The smallest absolute Gasteiger partial charge is 0.148 e. The van der Waals surface area contributed by atoms with E-state index in [1.54, 1.807) is 6.92 Å². The number of Topliss-reactive ketones (excluding diaryl/α,β-unsaturated/α-hetero) is 1. The molecule has 0 radical (unpaired) electrons. The Kier molecular flexibility index (Phi) is 2.86. The van der Waals surface area contributed by atoms with Crippen LogP contribution in [-0.4, -0.2) is 12.3 Å². The summed E-state index contributed by atoms with van der Waals surface area (Å²) in [7, 11) is 0. The molecule has 0 saturated heterocycles. The van der Waals surface area contributed by atoms with Crippen LogP contribution >= 0.6 is 0 Å². The fourth-order valence-electron chi connectivity index (χ4n) is 0.898. The third-order valence-electron chi connectivity index (χ3n) is 1.59. The van der Waals surface area contributed by atoms with Gasteiger partial charge in [0.25, 0.3) is 0 Å². The Hall–Kier alpha value is -1.31. The number of benzene rings is 1. The molecule has 12 heavy (non-hydrogen) atoms. The number of rotatable bonds is 3. The number of hydrogen-bond acceptors (Lipinski definition) is 2. The second kappa shape index (κ2) is 3.90. The van der Waals surface area contributed by atoms with Gasteiger partial charge in [-0.05, 0) is 26.0 Å². The molecule has 1 aromatic carbocycles. The largest absolute Gasteiger partial charge is 0.378 e. The van der Waals surface area contributed by atoms with E-state index in [1.165, 1.54) is 5.56 Å².